The van der Waals surface area contributed by atoms with Crippen LogP contribution in [-0.2, 0) is 6.54 Å². The van der Waals surface area contributed by atoms with Crippen LogP contribution in [0, 0.1) is 0 Å². The van der Waals surface area contributed by atoms with Crippen molar-refractivity contribution in [1.29, 1.82) is 0 Å². The van der Waals surface area contributed by atoms with Gasteiger partial charge in [-0.2, -0.15) is 0 Å². The summed E-state index contributed by atoms with van der Waals surface area (Å²) in [5, 5.41) is 3.43. The maximum Gasteiger partial charge on any atom is 0.271 e. The van der Waals surface area contributed by atoms with Gasteiger partial charge in [0.25, 0.3) is 5.91 Å². The SMILES string of the molecule is CCN(c1ccccc1)c1cnc(C(=O)NCc2ccccc2Cl)cn1. The molecule has 0 unspecified atom stereocenters. The van der Waals surface area contributed by atoms with Crippen LogP contribution in [0.4, 0.5) is 11.5 Å². The molecule has 2 aromatic carbocycles. The largest absolute Gasteiger partial charge is 0.347 e. The van der Waals surface area contributed by atoms with Crippen LogP contribution in [-0.4, -0.2) is 22.4 Å². The number of benzene rings is 2. The highest BCUT2D eigenvalue weighted by Crippen LogP contribution is 2.22. The van der Waals surface area contributed by atoms with Crippen LogP contribution in [0.3, 0.4) is 0 Å². The van der Waals surface area contributed by atoms with Gasteiger partial charge < -0.3 is 10.2 Å². The van der Waals surface area contributed by atoms with E-state index in [2.05, 4.69) is 15.3 Å². The molecule has 1 N–H and O–H groups in total. The summed E-state index contributed by atoms with van der Waals surface area (Å²) < 4.78 is 0. The van der Waals surface area contributed by atoms with Crippen molar-refractivity contribution < 1.29 is 4.79 Å². The number of carbonyl (C=O) groups is 1. The van der Waals surface area contributed by atoms with Crippen molar-refractivity contribution in [2.75, 3.05) is 11.4 Å². The zero-order chi connectivity index (χ0) is 18.4. The van der Waals surface area contributed by atoms with Crippen molar-refractivity contribution in [2.24, 2.45) is 0 Å². The molecule has 0 bridgehead atoms. The van der Waals surface area contributed by atoms with E-state index in [-0.39, 0.29) is 11.6 Å². The number of halogens is 1. The normalized spacial score (nSPS) is 10.4. The molecule has 3 rings (SSSR count). The fourth-order valence-electron chi connectivity index (χ4n) is 2.57. The van der Waals surface area contributed by atoms with Crippen LogP contribution in [0.1, 0.15) is 23.0 Å². The van der Waals surface area contributed by atoms with E-state index in [0.717, 1.165) is 17.8 Å². The monoisotopic (exact) mass is 366 g/mol. The second-order valence-electron chi connectivity index (χ2n) is 5.61. The summed E-state index contributed by atoms with van der Waals surface area (Å²) in [5.74, 6) is 0.410. The van der Waals surface area contributed by atoms with Crippen molar-refractivity contribution >= 4 is 29.0 Å². The molecule has 1 amide bonds. The average molecular weight is 367 g/mol. The molecular formula is C20H19ClN4O. The summed E-state index contributed by atoms with van der Waals surface area (Å²) in [6.07, 6.45) is 3.10. The molecule has 0 radical (unpaired) electrons. The van der Waals surface area contributed by atoms with Gasteiger partial charge in [-0.05, 0) is 30.7 Å². The molecule has 3 aromatic rings. The van der Waals surface area contributed by atoms with E-state index >= 15 is 0 Å². The molecule has 0 aliphatic rings. The van der Waals surface area contributed by atoms with Crippen molar-refractivity contribution in [1.82, 2.24) is 15.3 Å². The molecule has 0 aliphatic carbocycles. The van der Waals surface area contributed by atoms with Crippen LogP contribution >= 0.6 is 11.6 Å². The number of carbonyl (C=O) groups excluding carboxylic acids is 1. The Balaban J connectivity index is 1.68. The van der Waals surface area contributed by atoms with Crippen LogP contribution in [0.2, 0.25) is 5.02 Å². The zero-order valence-electron chi connectivity index (χ0n) is 14.4. The molecule has 1 aromatic heterocycles. The van der Waals surface area contributed by atoms with Gasteiger partial charge >= 0.3 is 0 Å². The lowest BCUT2D eigenvalue weighted by molar-refractivity contribution is 0.0945. The third-order valence-corrected chi connectivity index (χ3v) is 4.30. The Bertz CT molecular complexity index is 868. The lowest BCUT2D eigenvalue weighted by Crippen LogP contribution is -2.25. The number of para-hydroxylation sites is 1. The summed E-state index contributed by atoms with van der Waals surface area (Å²) in [7, 11) is 0. The topological polar surface area (TPSA) is 58.1 Å². The van der Waals surface area contributed by atoms with Crippen LogP contribution in [0.25, 0.3) is 0 Å². The van der Waals surface area contributed by atoms with E-state index in [1.165, 1.54) is 6.20 Å². The van der Waals surface area contributed by atoms with Crippen LogP contribution < -0.4 is 10.2 Å². The molecule has 26 heavy (non-hydrogen) atoms. The lowest BCUT2D eigenvalue weighted by Gasteiger charge is -2.21. The number of anilines is 2. The maximum absolute atomic E-state index is 12.3. The van der Waals surface area contributed by atoms with Gasteiger partial charge in [-0.1, -0.05) is 48.0 Å². The summed E-state index contributed by atoms with van der Waals surface area (Å²) >= 11 is 6.10. The number of aromatic nitrogens is 2. The quantitative estimate of drug-likeness (QED) is 0.709. The second-order valence-corrected chi connectivity index (χ2v) is 6.02. The minimum absolute atomic E-state index is 0.268. The first-order chi connectivity index (χ1) is 12.7. The molecule has 6 heteroatoms. The number of rotatable bonds is 6. The second kappa shape index (κ2) is 8.45. The predicted molar refractivity (Wildman–Crippen MR) is 104 cm³/mol. The molecular weight excluding hydrogens is 348 g/mol. The molecule has 132 valence electrons. The van der Waals surface area contributed by atoms with E-state index in [1.807, 2.05) is 60.4 Å². The highest BCUT2D eigenvalue weighted by molar-refractivity contribution is 6.31. The number of nitrogens with one attached hydrogen (secondary N) is 1. The van der Waals surface area contributed by atoms with Gasteiger partial charge in [-0.25, -0.2) is 9.97 Å². The molecule has 0 saturated carbocycles. The zero-order valence-corrected chi connectivity index (χ0v) is 15.1. The van der Waals surface area contributed by atoms with Gasteiger partial charge in [0, 0.05) is 23.8 Å². The van der Waals surface area contributed by atoms with Crippen LogP contribution in [0.15, 0.2) is 67.0 Å². The molecule has 1 heterocycles. The van der Waals surface area contributed by atoms with Gasteiger partial charge in [-0.15, -0.1) is 0 Å². The molecule has 0 atom stereocenters. The standard InChI is InChI=1S/C20H19ClN4O/c1-2-25(16-9-4-3-5-10-16)19-14-22-18(13-23-19)20(26)24-12-15-8-6-7-11-17(15)21/h3-11,13-14H,2,12H2,1H3,(H,24,26). The van der Waals surface area contributed by atoms with Gasteiger partial charge in [0.1, 0.15) is 5.69 Å². The Morgan fingerprint density at radius 2 is 1.77 bits per heavy atom. The Labute approximate surface area is 157 Å². The third-order valence-electron chi connectivity index (χ3n) is 3.93. The number of hydrogen-bond acceptors (Lipinski definition) is 4. The number of amides is 1. The maximum atomic E-state index is 12.3. The van der Waals surface area contributed by atoms with Gasteiger partial charge in [0.2, 0.25) is 0 Å². The van der Waals surface area contributed by atoms with E-state index < -0.39 is 0 Å². The molecule has 0 aliphatic heterocycles. The molecule has 0 saturated heterocycles. The predicted octanol–water partition coefficient (Wildman–Crippen LogP) is 4.22. The van der Waals surface area contributed by atoms with Crippen molar-refractivity contribution in [3.63, 3.8) is 0 Å². The van der Waals surface area contributed by atoms with Gasteiger partial charge in [0.15, 0.2) is 5.82 Å². The van der Waals surface area contributed by atoms with Crippen LogP contribution in [0.5, 0.6) is 0 Å². The smallest absolute Gasteiger partial charge is 0.271 e. The Kier molecular flexibility index (Phi) is 5.81. The fraction of sp³-hybridized carbons (Fsp3) is 0.150. The van der Waals surface area contributed by atoms with Gasteiger partial charge in [-0.3, -0.25) is 4.79 Å². The highest BCUT2D eigenvalue weighted by Gasteiger charge is 2.12. The van der Waals surface area contributed by atoms with Crippen molar-refractivity contribution in [2.45, 2.75) is 13.5 Å². The van der Waals surface area contributed by atoms with Gasteiger partial charge in [0.05, 0.1) is 12.4 Å². The molecule has 0 fully saturated rings. The van der Waals surface area contributed by atoms with E-state index in [4.69, 9.17) is 11.6 Å². The fourth-order valence-corrected chi connectivity index (χ4v) is 2.77. The minimum Gasteiger partial charge on any atom is -0.347 e. The Hall–Kier alpha value is -2.92. The average Bonchev–Trinajstić information content (AvgIpc) is 2.69. The van der Waals surface area contributed by atoms with E-state index in [9.17, 15) is 4.79 Å². The molecule has 0 spiro atoms. The van der Waals surface area contributed by atoms with Crippen molar-refractivity contribution in [3.05, 3.63) is 83.3 Å². The highest BCUT2D eigenvalue weighted by atomic mass is 35.5. The lowest BCUT2D eigenvalue weighted by atomic mass is 10.2. The number of hydrogen-bond donors (Lipinski definition) is 1. The Morgan fingerprint density at radius 3 is 2.42 bits per heavy atom. The first kappa shape index (κ1) is 17.9. The first-order valence-electron chi connectivity index (χ1n) is 8.35. The van der Waals surface area contributed by atoms with E-state index in [0.29, 0.717) is 17.4 Å². The summed E-state index contributed by atoms with van der Waals surface area (Å²) in [6.45, 7) is 3.13. The third kappa shape index (κ3) is 4.18. The summed E-state index contributed by atoms with van der Waals surface area (Å²) in [4.78, 5) is 23.0. The molecule has 5 nitrogen and oxygen atoms in total. The minimum atomic E-state index is -0.285. The van der Waals surface area contributed by atoms with Crippen molar-refractivity contribution in [3.8, 4) is 0 Å². The van der Waals surface area contributed by atoms with E-state index in [1.54, 1.807) is 12.3 Å². The number of nitrogens with zero attached hydrogens (tertiary/aromatic N) is 3. The first-order valence-corrected chi connectivity index (χ1v) is 8.73. The summed E-state index contributed by atoms with van der Waals surface area (Å²) in [6, 6.07) is 17.3. The summed E-state index contributed by atoms with van der Waals surface area (Å²) in [5.41, 5.74) is 2.15. The Morgan fingerprint density at radius 1 is 1.04 bits per heavy atom.